The Balaban J connectivity index is 1.55. The molecule has 1 aliphatic rings. The summed E-state index contributed by atoms with van der Waals surface area (Å²) in [5, 5.41) is 2.92. The van der Waals surface area contributed by atoms with Crippen LogP contribution < -0.4 is 5.32 Å². The fourth-order valence-corrected chi connectivity index (χ4v) is 3.20. The number of hydrogen-bond acceptors (Lipinski definition) is 4. The van der Waals surface area contributed by atoms with Gasteiger partial charge >= 0.3 is 0 Å². The third kappa shape index (κ3) is 4.95. The van der Waals surface area contributed by atoms with Gasteiger partial charge in [-0.15, -0.1) is 0 Å². The number of nitrogens with zero attached hydrogens (tertiary/aromatic N) is 4. The lowest BCUT2D eigenvalue weighted by Gasteiger charge is -2.34. The third-order valence-corrected chi connectivity index (χ3v) is 4.84. The fraction of sp³-hybridized carbons (Fsp3) is 0.450. The Morgan fingerprint density at radius 3 is 2.54 bits per heavy atom. The van der Waals surface area contributed by atoms with Crippen LogP contribution >= 0.6 is 0 Å². The van der Waals surface area contributed by atoms with Gasteiger partial charge in [0.2, 0.25) is 5.91 Å². The summed E-state index contributed by atoms with van der Waals surface area (Å²) in [4.78, 5) is 32.8. The lowest BCUT2D eigenvalue weighted by atomic mass is 10.2. The molecule has 0 aliphatic carbocycles. The summed E-state index contributed by atoms with van der Waals surface area (Å²) in [6.45, 7) is 5.56. The Bertz CT molecular complexity index is 797. The van der Waals surface area contributed by atoms with E-state index >= 15 is 0 Å². The summed E-state index contributed by atoms with van der Waals surface area (Å²) in [5.41, 5.74) is 1.13. The highest BCUT2D eigenvalue weighted by atomic mass is 19.1. The Hall–Kier alpha value is -2.74. The van der Waals surface area contributed by atoms with Gasteiger partial charge in [0.1, 0.15) is 11.5 Å². The summed E-state index contributed by atoms with van der Waals surface area (Å²) in [5.74, 6) is -0.414. The number of rotatable bonds is 7. The average Bonchev–Trinajstić information content (AvgIpc) is 3.18. The number of aromatic nitrogens is 2. The van der Waals surface area contributed by atoms with Gasteiger partial charge in [0.05, 0.1) is 19.1 Å². The maximum atomic E-state index is 13.2. The molecule has 2 aromatic rings. The Labute approximate surface area is 164 Å². The van der Waals surface area contributed by atoms with E-state index in [9.17, 15) is 14.0 Å². The molecule has 0 saturated carbocycles. The van der Waals surface area contributed by atoms with Crippen molar-refractivity contribution in [2.24, 2.45) is 0 Å². The molecule has 0 radical (unpaired) electrons. The van der Waals surface area contributed by atoms with E-state index < -0.39 is 0 Å². The minimum absolute atomic E-state index is 0.0302. The Morgan fingerprint density at radius 2 is 1.86 bits per heavy atom. The first-order valence-electron chi connectivity index (χ1n) is 9.65. The molecule has 1 saturated heterocycles. The number of imidazole rings is 1. The quantitative estimate of drug-likeness (QED) is 0.734. The van der Waals surface area contributed by atoms with Crippen LogP contribution in [0.25, 0.3) is 5.69 Å². The number of piperazine rings is 1. The zero-order chi connectivity index (χ0) is 19.9. The summed E-state index contributed by atoms with van der Waals surface area (Å²) < 4.78 is 14.8. The zero-order valence-corrected chi connectivity index (χ0v) is 16.1. The molecular formula is C20H26FN5O2. The molecule has 1 aliphatic heterocycles. The number of carbonyl (C=O) groups excluding carboxylic acids is 2. The highest BCUT2D eigenvalue weighted by Crippen LogP contribution is 2.15. The molecule has 8 heteroatoms. The van der Waals surface area contributed by atoms with Crippen molar-refractivity contribution in [3.8, 4) is 5.69 Å². The van der Waals surface area contributed by atoms with Crippen molar-refractivity contribution >= 4 is 11.8 Å². The highest BCUT2D eigenvalue weighted by Gasteiger charge is 2.25. The molecule has 150 valence electrons. The molecule has 2 heterocycles. The van der Waals surface area contributed by atoms with Crippen LogP contribution in [-0.2, 0) is 4.79 Å². The standard InChI is InChI=1S/C20H26FN5O2/c1-2-3-8-23-19(27)14-24-9-11-25(12-10-24)20(28)18-13-22-15-26(18)17-6-4-16(21)5-7-17/h4-7,13,15H,2-3,8-12,14H2,1H3,(H,23,27). The normalized spacial score (nSPS) is 14.9. The molecule has 0 bridgehead atoms. The number of benzene rings is 1. The number of halogens is 1. The van der Waals surface area contributed by atoms with Crippen LogP contribution in [0.5, 0.6) is 0 Å². The van der Waals surface area contributed by atoms with E-state index in [1.165, 1.54) is 18.3 Å². The smallest absolute Gasteiger partial charge is 0.272 e. The first-order chi connectivity index (χ1) is 13.6. The van der Waals surface area contributed by atoms with Crippen molar-refractivity contribution in [1.82, 2.24) is 24.7 Å². The second-order valence-corrected chi connectivity index (χ2v) is 6.90. The minimum Gasteiger partial charge on any atom is -0.355 e. The first kappa shape index (κ1) is 20.0. The molecule has 7 nitrogen and oxygen atoms in total. The lowest BCUT2D eigenvalue weighted by molar-refractivity contribution is -0.122. The second kappa shape index (κ2) is 9.45. The number of unbranched alkanes of at least 4 members (excludes halogenated alkanes) is 1. The van der Waals surface area contributed by atoms with Gasteiger partial charge in [-0.1, -0.05) is 13.3 Å². The van der Waals surface area contributed by atoms with Gasteiger partial charge in [0.15, 0.2) is 0 Å². The first-order valence-corrected chi connectivity index (χ1v) is 9.65. The molecule has 1 fully saturated rings. The van der Waals surface area contributed by atoms with Gasteiger partial charge in [0.25, 0.3) is 5.91 Å². The van der Waals surface area contributed by atoms with Gasteiger partial charge < -0.3 is 10.2 Å². The van der Waals surface area contributed by atoms with Gasteiger partial charge in [-0.3, -0.25) is 19.1 Å². The van der Waals surface area contributed by atoms with Gasteiger partial charge in [-0.05, 0) is 30.7 Å². The van der Waals surface area contributed by atoms with Gasteiger partial charge in [-0.25, -0.2) is 9.37 Å². The SMILES string of the molecule is CCCCNC(=O)CN1CCN(C(=O)c2cncn2-c2ccc(F)cc2)CC1. The molecule has 3 rings (SSSR count). The van der Waals surface area contributed by atoms with Gasteiger partial charge in [0, 0.05) is 38.4 Å². The molecule has 28 heavy (non-hydrogen) atoms. The summed E-state index contributed by atoms with van der Waals surface area (Å²) in [7, 11) is 0. The van der Waals surface area contributed by atoms with Crippen molar-refractivity contribution in [3.05, 3.63) is 48.3 Å². The van der Waals surface area contributed by atoms with Crippen LogP contribution in [0, 0.1) is 5.82 Å². The minimum atomic E-state index is -0.327. The number of carbonyl (C=O) groups is 2. The lowest BCUT2D eigenvalue weighted by Crippen LogP contribution is -2.51. The monoisotopic (exact) mass is 387 g/mol. The van der Waals surface area contributed by atoms with E-state index in [1.807, 2.05) is 0 Å². The predicted molar refractivity (Wildman–Crippen MR) is 104 cm³/mol. The molecule has 1 aromatic carbocycles. The molecule has 0 unspecified atom stereocenters. The van der Waals surface area contributed by atoms with Gasteiger partial charge in [-0.2, -0.15) is 0 Å². The van der Waals surface area contributed by atoms with E-state index in [0.717, 1.165) is 12.8 Å². The topological polar surface area (TPSA) is 70.5 Å². The zero-order valence-electron chi connectivity index (χ0n) is 16.1. The molecule has 1 aromatic heterocycles. The molecule has 0 spiro atoms. The largest absolute Gasteiger partial charge is 0.355 e. The van der Waals surface area contributed by atoms with E-state index in [0.29, 0.717) is 50.6 Å². The van der Waals surface area contributed by atoms with E-state index in [1.54, 1.807) is 27.9 Å². The van der Waals surface area contributed by atoms with Crippen molar-refractivity contribution in [3.63, 3.8) is 0 Å². The van der Waals surface area contributed by atoms with Crippen LogP contribution in [0.1, 0.15) is 30.3 Å². The van der Waals surface area contributed by atoms with Crippen LogP contribution in [0.2, 0.25) is 0 Å². The molecule has 2 amide bonds. The van der Waals surface area contributed by atoms with E-state index in [4.69, 9.17) is 0 Å². The third-order valence-electron chi connectivity index (χ3n) is 4.84. The Morgan fingerprint density at radius 1 is 1.14 bits per heavy atom. The predicted octanol–water partition coefficient (Wildman–Crippen LogP) is 1.69. The van der Waals surface area contributed by atoms with Crippen LogP contribution in [0.3, 0.4) is 0 Å². The van der Waals surface area contributed by atoms with Crippen molar-refractivity contribution < 1.29 is 14.0 Å². The maximum Gasteiger partial charge on any atom is 0.272 e. The number of amides is 2. The number of hydrogen-bond donors (Lipinski definition) is 1. The van der Waals surface area contributed by atoms with Crippen LogP contribution in [-0.4, -0.2) is 70.4 Å². The van der Waals surface area contributed by atoms with Crippen molar-refractivity contribution in [1.29, 1.82) is 0 Å². The Kier molecular flexibility index (Phi) is 6.76. The summed E-state index contributed by atoms with van der Waals surface area (Å²) in [6.07, 6.45) is 5.11. The average molecular weight is 387 g/mol. The summed E-state index contributed by atoms with van der Waals surface area (Å²) in [6, 6.07) is 5.94. The summed E-state index contributed by atoms with van der Waals surface area (Å²) >= 11 is 0. The number of nitrogens with one attached hydrogen (secondary N) is 1. The van der Waals surface area contributed by atoms with E-state index in [2.05, 4.69) is 22.1 Å². The molecular weight excluding hydrogens is 361 g/mol. The maximum absolute atomic E-state index is 13.2. The highest BCUT2D eigenvalue weighted by molar-refractivity contribution is 5.93. The van der Waals surface area contributed by atoms with Crippen LogP contribution in [0.4, 0.5) is 4.39 Å². The second-order valence-electron chi connectivity index (χ2n) is 6.90. The van der Waals surface area contributed by atoms with Crippen LogP contribution in [0.15, 0.2) is 36.8 Å². The van der Waals surface area contributed by atoms with Crippen molar-refractivity contribution in [2.45, 2.75) is 19.8 Å². The van der Waals surface area contributed by atoms with E-state index in [-0.39, 0.29) is 17.6 Å². The van der Waals surface area contributed by atoms with Crippen molar-refractivity contribution in [2.75, 3.05) is 39.3 Å². The molecule has 1 N–H and O–H groups in total. The molecule has 0 atom stereocenters. The fourth-order valence-electron chi connectivity index (χ4n) is 3.20.